The highest BCUT2D eigenvalue weighted by Crippen LogP contribution is 2.18. The van der Waals surface area contributed by atoms with Crippen molar-refractivity contribution in [3.05, 3.63) is 0 Å². The standard InChI is InChI=1S/C7H9NO4.2C2H6/c1-4-3-6(10)8(7(4)11)12-5(2)9;2*1-2/h4H,3H2,1-2H3;2*1-2H3. The number of hydrogen-bond donors (Lipinski definition) is 0. The van der Waals surface area contributed by atoms with Gasteiger partial charge in [0, 0.05) is 19.3 Å². The van der Waals surface area contributed by atoms with Crippen LogP contribution in [0.25, 0.3) is 0 Å². The summed E-state index contributed by atoms with van der Waals surface area (Å²) in [5.74, 6) is -1.94. The average Bonchev–Trinajstić information content (AvgIpc) is 2.51. The van der Waals surface area contributed by atoms with Crippen molar-refractivity contribution in [1.82, 2.24) is 5.06 Å². The molecule has 0 aliphatic carbocycles. The van der Waals surface area contributed by atoms with Gasteiger partial charge in [-0.15, -0.1) is 5.06 Å². The molecule has 1 rings (SSSR count). The normalized spacial score (nSPS) is 18.1. The van der Waals surface area contributed by atoms with Gasteiger partial charge in [-0.3, -0.25) is 9.59 Å². The minimum atomic E-state index is -0.661. The highest BCUT2D eigenvalue weighted by atomic mass is 16.7. The average molecular weight is 231 g/mol. The van der Waals surface area contributed by atoms with Gasteiger partial charge in [0.25, 0.3) is 11.8 Å². The van der Waals surface area contributed by atoms with Crippen LogP contribution in [0.1, 0.15) is 48.0 Å². The molecule has 0 saturated carbocycles. The lowest BCUT2D eigenvalue weighted by Gasteiger charge is -2.10. The predicted octanol–water partition coefficient (Wildman–Crippen LogP) is 1.91. The Morgan fingerprint density at radius 3 is 1.94 bits per heavy atom. The smallest absolute Gasteiger partial charge is 0.330 e. The van der Waals surface area contributed by atoms with E-state index >= 15 is 0 Å². The topological polar surface area (TPSA) is 63.7 Å². The predicted molar refractivity (Wildman–Crippen MR) is 60.1 cm³/mol. The van der Waals surface area contributed by atoms with E-state index in [2.05, 4.69) is 4.84 Å². The molecule has 1 saturated heterocycles. The Hall–Kier alpha value is -1.39. The summed E-state index contributed by atoms with van der Waals surface area (Å²) in [6, 6.07) is 0. The first-order valence-corrected chi connectivity index (χ1v) is 5.57. The van der Waals surface area contributed by atoms with Gasteiger partial charge in [0.15, 0.2) is 0 Å². The quantitative estimate of drug-likeness (QED) is 0.647. The summed E-state index contributed by atoms with van der Waals surface area (Å²) in [6.07, 6.45) is 0.117. The Labute approximate surface area is 96.7 Å². The maximum absolute atomic E-state index is 11.1. The molecular formula is C11H21NO4. The van der Waals surface area contributed by atoms with Gasteiger partial charge in [-0.2, -0.15) is 0 Å². The van der Waals surface area contributed by atoms with Crippen molar-refractivity contribution in [1.29, 1.82) is 0 Å². The molecule has 1 unspecified atom stereocenters. The molecule has 1 fully saturated rings. The molecular weight excluding hydrogens is 210 g/mol. The monoisotopic (exact) mass is 231 g/mol. The summed E-state index contributed by atoms with van der Waals surface area (Å²) >= 11 is 0. The van der Waals surface area contributed by atoms with E-state index in [4.69, 9.17) is 0 Å². The molecule has 0 bridgehead atoms. The third kappa shape index (κ3) is 4.91. The van der Waals surface area contributed by atoms with E-state index in [1.54, 1.807) is 6.92 Å². The molecule has 1 atom stereocenters. The van der Waals surface area contributed by atoms with Crippen molar-refractivity contribution in [2.45, 2.75) is 48.0 Å². The molecule has 2 amide bonds. The van der Waals surface area contributed by atoms with E-state index < -0.39 is 17.8 Å². The van der Waals surface area contributed by atoms with E-state index in [9.17, 15) is 14.4 Å². The number of rotatable bonds is 1. The zero-order valence-electron chi connectivity index (χ0n) is 10.9. The molecule has 0 radical (unpaired) electrons. The molecule has 1 heterocycles. The summed E-state index contributed by atoms with van der Waals surface area (Å²) in [5, 5.41) is 0.535. The van der Waals surface area contributed by atoms with Gasteiger partial charge >= 0.3 is 5.97 Å². The zero-order valence-corrected chi connectivity index (χ0v) is 10.9. The van der Waals surface area contributed by atoms with Crippen molar-refractivity contribution in [2.75, 3.05) is 0 Å². The zero-order chi connectivity index (χ0) is 13.3. The molecule has 5 heteroatoms. The van der Waals surface area contributed by atoms with E-state index in [0.29, 0.717) is 5.06 Å². The Kier molecular flexibility index (Phi) is 9.45. The van der Waals surface area contributed by atoms with Gasteiger partial charge in [0.1, 0.15) is 0 Å². The molecule has 5 nitrogen and oxygen atoms in total. The number of hydrogen-bond acceptors (Lipinski definition) is 4. The highest BCUT2D eigenvalue weighted by Gasteiger charge is 2.38. The minimum absolute atomic E-state index is 0.117. The third-order valence-corrected chi connectivity index (χ3v) is 1.55. The fourth-order valence-corrected chi connectivity index (χ4v) is 0.980. The van der Waals surface area contributed by atoms with Crippen molar-refractivity contribution in [3.8, 4) is 0 Å². The Morgan fingerprint density at radius 1 is 1.25 bits per heavy atom. The van der Waals surface area contributed by atoms with Gasteiger partial charge in [-0.25, -0.2) is 4.79 Å². The molecule has 0 aromatic heterocycles. The van der Waals surface area contributed by atoms with Gasteiger partial charge in [-0.1, -0.05) is 34.6 Å². The Balaban J connectivity index is 0. The lowest BCUT2D eigenvalue weighted by atomic mass is 10.1. The molecule has 1 aliphatic rings. The van der Waals surface area contributed by atoms with E-state index in [0.717, 1.165) is 6.92 Å². The first-order valence-electron chi connectivity index (χ1n) is 5.57. The third-order valence-electron chi connectivity index (χ3n) is 1.55. The van der Waals surface area contributed by atoms with E-state index in [1.807, 2.05) is 27.7 Å². The lowest BCUT2D eigenvalue weighted by molar-refractivity contribution is -0.196. The van der Waals surface area contributed by atoms with E-state index in [1.165, 1.54) is 0 Å². The van der Waals surface area contributed by atoms with Crippen molar-refractivity contribution in [2.24, 2.45) is 5.92 Å². The second-order valence-electron chi connectivity index (χ2n) is 2.71. The summed E-state index contributed by atoms with van der Waals surface area (Å²) < 4.78 is 0. The second-order valence-corrected chi connectivity index (χ2v) is 2.71. The molecule has 0 aromatic rings. The van der Waals surface area contributed by atoms with Gasteiger partial charge in [-0.05, 0) is 0 Å². The van der Waals surface area contributed by atoms with Crippen LogP contribution in [0.5, 0.6) is 0 Å². The number of hydroxylamine groups is 2. The number of carbonyl (C=O) groups is 3. The molecule has 94 valence electrons. The van der Waals surface area contributed by atoms with Crippen LogP contribution in [0.15, 0.2) is 0 Å². The van der Waals surface area contributed by atoms with Crippen LogP contribution in [0.2, 0.25) is 0 Å². The molecule has 1 aliphatic heterocycles. The Morgan fingerprint density at radius 2 is 1.69 bits per heavy atom. The van der Waals surface area contributed by atoms with Gasteiger partial charge in [0.05, 0.1) is 0 Å². The van der Waals surface area contributed by atoms with Crippen LogP contribution in [-0.4, -0.2) is 22.8 Å². The van der Waals surface area contributed by atoms with Crippen LogP contribution in [0.4, 0.5) is 0 Å². The van der Waals surface area contributed by atoms with E-state index in [-0.39, 0.29) is 12.3 Å². The summed E-state index contributed by atoms with van der Waals surface area (Å²) in [6.45, 7) is 10.8. The maximum atomic E-state index is 11.1. The number of carbonyl (C=O) groups excluding carboxylic acids is 3. The molecule has 0 aromatic carbocycles. The fourth-order valence-electron chi connectivity index (χ4n) is 0.980. The summed E-state index contributed by atoms with van der Waals surface area (Å²) in [7, 11) is 0. The molecule has 0 N–H and O–H groups in total. The van der Waals surface area contributed by atoms with Crippen LogP contribution in [-0.2, 0) is 19.2 Å². The SMILES string of the molecule is CC.CC.CC(=O)ON1C(=O)CC(C)C1=O. The first-order chi connectivity index (χ1) is 7.52. The summed E-state index contributed by atoms with van der Waals surface area (Å²) in [4.78, 5) is 36.9. The Bertz CT molecular complexity index is 250. The maximum Gasteiger partial charge on any atom is 0.330 e. The molecule has 16 heavy (non-hydrogen) atoms. The van der Waals surface area contributed by atoms with Gasteiger partial charge in [0.2, 0.25) is 0 Å². The largest absolute Gasteiger partial charge is 0.331 e. The van der Waals surface area contributed by atoms with Gasteiger partial charge < -0.3 is 4.84 Å². The first kappa shape index (κ1) is 17.0. The fraction of sp³-hybridized carbons (Fsp3) is 0.727. The van der Waals surface area contributed by atoms with Crippen molar-refractivity contribution in [3.63, 3.8) is 0 Å². The van der Waals surface area contributed by atoms with Crippen LogP contribution < -0.4 is 0 Å². The lowest BCUT2D eigenvalue weighted by Crippen LogP contribution is -2.32. The minimum Gasteiger partial charge on any atom is -0.331 e. The van der Waals surface area contributed by atoms with Crippen LogP contribution >= 0.6 is 0 Å². The van der Waals surface area contributed by atoms with Crippen LogP contribution in [0.3, 0.4) is 0 Å². The van der Waals surface area contributed by atoms with Crippen molar-refractivity contribution >= 4 is 17.8 Å². The second kappa shape index (κ2) is 8.88. The number of nitrogens with zero attached hydrogens (tertiary/aromatic N) is 1. The van der Waals surface area contributed by atoms with Crippen molar-refractivity contribution < 1.29 is 19.2 Å². The summed E-state index contributed by atoms with van der Waals surface area (Å²) in [5.41, 5.74) is 0. The number of imide groups is 1. The van der Waals surface area contributed by atoms with Crippen LogP contribution in [0, 0.1) is 5.92 Å². The number of amides is 2. The highest BCUT2D eigenvalue weighted by molar-refractivity contribution is 6.02. The molecule has 0 spiro atoms.